The van der Waals surface area contributed by atoms with Crippen LogP contribution < -0.4 is 11.1 Å². The molecule has 30 heavy (non-hydrogen) atoms. The van der Waals surface area contributed by atoms with Gasteiger partial charge in [-0.15, -0.1) is 0 Å². The minimum Gasteiger partial charge on any atom is -0.365 e. The van der Waals surface area contributed by atoms with Crippen LogP contribution in [0.25, 0.3) is 10.9 Å². The second-order valence-electron chi connectivity index (χ2n) is 7.70. The lowest BCUT2D eigenvalue weighted by molar-refractivity contribution is -0.146. The number of aromatic amines is 1. The van der Waals surface area contributed by atoms with Crippen LogP contribution in [-0.4, -0.2) is 39.1 Å². The molecular formula is C22H23N5O3. The third-order valence-corrected chi connectivity index (χ3v) is 5.54. The Morgan fingerprint density at radius 3 is 2.83 bits per heavy atom. The van der Waals surface area contributed by atoms with Gasteiger partial charge in [-0.05, 0) is 60.0 Å². The van der Waals surface area contributed by atoms with Gasteiger partial charge in [-0.3, -0.25) is 14.4 Å². The van der Waals surface area contributed by atoms with Crippen LogP contribution in [-0.2, 0) is 9.59 Å². The third kappa shape index (κ3) is 3.76. The number of rotatable bonds is 3. The monoisotopic (exact) mass is 405 g/mol. The first kappa shape index (κ1) is 19.6. The summed E-state index contributed by atoms with van der Waals surface area (Å²) in [5.41, 5.74) is 7.40. The molecule has 4 rings (SSSR count). The lowest BCUT2D eigenvalue weighted by atomic mass is 9.89. The molecule has 0 saturated carbocycles. The molecule has 0 radical (unpaired) electrons. The van der Waals surface area contributed by atoms with Gasteiger partial charge < -0.3 is 20.9 Å². The van der Waals surface area contributed by atoms with Crippen LogP contribution in [0.4, 0.5) is 5.82 Å². The van der Waals surface area contributed by atoms with Crippen molar-refractivity contribution in [3.63, 3.8) is 0 Å². The Bertz CT molecular complexity index is 1120. The summed E-state index contributed by atoms with van der Waals surface area (Å²) in [4.78, 5) is 46.2. The number of pyridine rings is 1. The molecule has 2 atom stereocenters. The van der Waals surface area contributed by atoms with Gasteiger partial charge in [0.05, 0.1) is 11.6 Å². The highest BCUT2D eigenvalue weighted by atomic mass is 16.2. The van der Waals surface area contributed by atoms with E-state index in [2.05, 4.69) is 28.3 Å². The predicted molar refractivity (Wildman–Crippen MR) is 113 cm³/mol. The zero-order valence-corrected chi connectivity index (χ0v) is 16.6. The summed E-state index contributed by atoms with van der Waals surface area (Å²) in [6.07, 6.45) is 5.03. The summed E-state index contributed by atoms with van der Waals surface area (Å²) in [5, 5.41) is 3.51. The number of likely N-dealkylation sites (tertiary alicyclic amines) is 1. The van der Waals surface area contributed by atoms with Crippen molar-refractivity contribution in [3.8, 4) is 0 Å². The smallest absolute Gasteiger partial charge is 0.315 e. The Morgan fingerprint density at radius 2 is 2.03 bits per heavy atom. The second-order valence-corrected chi connectivity index (χ2v) is 7.70. The van der Waals surface area contributed by atoms with Crippen molar-refractivity contribution >= 4 is 34.4 Å². The van der Waals surface area contributed by atoms with Gasteiger partial charge in [-0.2, -0.15) is 0 Å². The fourth-order valence-corrected chi connectivity index (χ4v) is 4.00. The summed E-state index contributed by atoms with van der Waals surface area (Å²) in [5.74, 6) is -1.95. The van der Waals surface area contributed by atoms with E-state index in [-0.39, 0.29) is 23.3 Å². The molecule has 1 aromatic carbocycles. The molecule has 8 heteroatoms. The van der Waals surface area contributed by atoms with Crippen molar-refractivity contribution in [2.45, 2.75) is 25.8 Å². The number of carbonyl (C=O) groups excluding carboxylic acids is 3. The fourth-order valence-electron chi connectivity index (χ4n) is 4.00. The molecule has 0 aliphatic carbocycles. The molecule has 1 aliphatic rings. The number of anilines is 1. The molecule has 4 N–H and O–H groups in total. The van der Waals surface area contributed by atoms with Crippen molar-refractivity contribution in [1.29, 1.82) is 0 Å². The topological polar surface area (TPSA) is 121 Å². The van der Waals surface area contributed by atoms with Crippen LogP contribution >= 0.6 is 0 Å². The maximum absolute atomic E-state index is 13.1. The first-order valence-corrected chi connectivity index (χ1v) is 9.88. The van der Waals surface area contributed by atoms with E-state index in [9.17, 15) is 14.4 Å². The van der Waals surface area contributed by atoms with Gasteiger partial charge in [-0.1, -0.05) is 13.0 Å². The Balaban J connectivity index is 1.59. The average molecular weight is 405 g/mol. The number of H-pyrrole nitrogens is 1. The van der Waals surface area contributed by atoms with E-state index in [0.717, 1.165) is 29.3 Å². The van der Waals surface area contributed by atoms with E-state index in [4.69, 9.17) is 5.73 Å². The number of nitrogens with one attached hydrogen (secondary N) is 2. The van der Waals surface area contributed by atoms with Gasteiger partial charge in [0.15, 0.2) is 0 Å². The molecular weight excluding hydrogens is 382 g/mol. The van der Waals surface area contributed by atoms with Crippen LogP contribution in [0.2, 0.25) is 0 Å². The van der Waals surface area contributed by atoms with Crippen LogP contribution in [0.3, 0.4) is 0 Å². The molecule has 1 aliphatic heterocycles. The summed E-state index contributed by atoms with van der Waals surface area (Å²) >= 11 is 0. The number of amides is 3. The standard InChI is InChI=1S/C22H23N5O3/c1-13-4-7-18(15-5-6-17-14(11-15)8-10-24-17)27(12-13)22(30)21(29)26-20-16(19(23)28)3-2-9-25-20/h2-3,5-6,8-11,13,18,24H,4,7,12H2,1H3,(H2,23,28)(H,25,26,29)/t13-,18+/m1/s1. The normalized spacial score (nSPS) is 18.9. The number of hydrogen-bond donors (Lipinski definition) is 3. The van der Waals surface area contributed by atoms with Gasteiger partial charge in [0.2, 0.25) is 0 Å². The maximum atomic E-state index is 13.1. The number of nitrogens with two attached hydrogens (primary N) is 1. The molecule has 0 bridgehead atoms. The van der Waals surface area contributed by atoms with E-state index >= 15 is 0 Å². The molecule has 0 unspecified atom stereocenters. The molecule has 3 aromatic rings. The van der Waals surface area contributed by atoms with Gasteiger partial charge in [0, 0.05) is 24.5 Å². The van der Waals surface area contributed by atoms with Crippen LogP contribution in [0.5, 0.6) is 0 Å². The lowest BCUT2D eigenvalue weighted by Crippen LogP contribution is -2.46. The minimum atomic E-state index is -0.835. The highest BCUT2D eigenvalue weighted by Gasteiger charge is 2.34. The molecule has 3 amide bonds. The highest BCUT2D eigenvalue weighted by molar-refractivity contribution is 6.39. The summed E-state index contributed by atoms with van der Waals surface area (Å²) < 4.78 is 0. The van der Waals surface area contributed by atoms with E-state index in [1.807, 2.05) is 24.4 Å². The molecule has 154 valence electrons. The van der Waals surface area contributed by atoms with Crippen molar-refractivity contribution in [1.82, 2.24) is 14.9 Å². The number of aromatic nitrogens is 2. The lowest BCUT2D eigenvalue weighted by Gasteiger charge is -2.38. The number of hydrogen-bond acceptors (Lipinski definition) is 4. The number of primary amides is 1. The summed E-state index contributed by atoms with van der Waals surface area (Å²) in [7, 11) is 0. The first-order valence-electron chi connectivity index (χ1n) is 9.88. The van der Waals surface area contributed by atoms with Crippen molar-refractivity contribution in [2.75, 3.05) is 11.9 Å². The number of piperidine rings is 1. The van der Waals surface area contributed by atoms with Crippen molar-refractivity contribution in [3.05, 3.63) is 59.9 Å². The number of fused-ring (bicyclic) bond motifs is 1. The summed E-state index contributed by atoms with van der Waals surface area (Å²) in [6, 6.07) is 10.8. The molecule has 0 spiro atoms. The predicted octanol–water partition coefficient (Wildman–Crippen LogP) is 2.60. The van der Waals surface area contributed by atoms with Crippen LogP contribution in [0.15, 0.2) is 48.8 Å². The van der Waals surface area contributed by atoms with Crippen LogP contribution in [0.1, 0.15) is 41.7 Å². The molecule has 1 saturated heterocycles. The summed E-state index contributed by atoms with van der Waals surface area (Å²) in [6.45, 7) is 2.54. The van der Waals surface area contributed by atoms with Gasteiger partial charge in [0.1, 0.15) is 5.82 Å². The quantitative estimate of drug-likeness (QED) is 0.580. The van der Waals surface area contributed by atoms with E-state index in [1.165, 1.54) is 18.3 Å². The van der Waals surface area contributed by atoms with Gasteiger partial charge in [0.25, 0.3) is 5.91 Å². The highest BCUT2D eigenvalue weighted by Crippen LogP contribution is 2.34. The zero-order valence-electron chi connectivity index (χ0n) is 16.6. The van der Waals surface area contributed by atoms with E-state index in [0.29, 0.717) is 6.54 Å². The van der Waals surface area contributed by atoms with Gasteiger partial charge >= 0.3 is 11.8 Å². The Morgan fingerprint density at radius 1 is 1.20 bits per heavy atom. The maximum Gasteiger partial charge on any atom is 0.315 e. The Hall–Kier alpha value is -3.68. The number of benzene rings is 1. The zero-order chi connectivity index (χ0) is 21.3. The minimum absolute atomic E-state index is 0.0151. The average Bonchev–Trinajstić information content (AvgIpc) is 3.21. The SMILES string of the molecule is C[C@@H]1CC[C@@H](c2ccc3[nH]ccc3c2)N(C(=O)C(=O)Nc2ncccc2C(N)=O)C1. The Kier molecular flexibility index (Phi) is 5.22. The Labute approximate surface area is 173 Å². The van der Waals surface area contributed by atoms with Gasteiger partial charge in [-0.25, -0.2) is 4.98 Å². The molecule has 1 fully saturated rings. The largest absolute Gasteiger partial charge is 0.365 e. The van der Waals surface area contributed by atoms with E-state index in [1.54, 1.807) is 4.90 Å². The van der Waals surface area contributed by atoms with Crippen molar-refractivity contribution in [2.24, 2.45) is 11.7 Å². The molecule has 3 heterocycles. The molecule has 2 aromatic heterocycles. The van der Waals surface area contributed by atoms with Crippen LogP contribution in [0, 0.1) is 5.92 Å². The second kappa shape index (κ2) is 7.98. The van der Waals surface area contributed by atoms with E-state index < -0.39 is 17.7 Å². The fraction of sp³-hybridized carbons (Fsp3) is 0.273. The molecule has 8 nitrogen and oxygen atoms in total. The number of carbonyl (C=O) groups is 3. The first-order chi connectivity index (χ1) is 14.4. The third-order valence-electron chi connectivity index (χ3n) is 5.54. The number of nitrogens with zero attached hydrogens (tertiary/aromatic N) is 2. The van der Waals surface area contributed by atoms with Crippen molar-refractivity contribution < 1.29 is 14.4 Å².